The van der Waals surface area contributed by atoms with Gasteiger partial charge in [-0.2, -0.15) is 0 Å². The minimum atomic E-state index is 0.458. The summed E-state index contributed by atoms with van der Waals surface area (Å²) in [4.78, 5) is 0. The van der Waals surface area contributed by atoms with Crippen molar-refractivity contribution in [3.8, 4) is 5.75 Å². The van der Waals surface area contributed by atoms with Crippen molar-refractivity contribution in [2.45, 2.75) is 44.6 Å². The quantitative estimate of drug-likeness (QED) is 0.645. The van der Waals surface area contributed by atoms with E-state index in [1.54, 1.807) is 0 Å². The lowest BCUT2D eigenvalue weighted by Crippen LogP contribution is -2.14. The predicted octanol–water partition coefficient (Wildman–Crippen LogP) is 3.79. The first kappa shape index (κ1) is 9.57. The molecule has 76 valence electrons. The number of para-hydroxylation sites is 1. The van der Waals surface area contributed by atoms with Crippen LogP contribution in [0.2, 0.25) is 0 Å². The highest BCUT2D eigenvalue weighted by atomic mass is 16.5. The largest absolute Gasteiger partial charge is 0.490 e. The maximum atomic E-state index is 5.94. The molecule has 0 bridgehead atoms. The van der Waals surface area contributed by atoms with Crippen molar-refractivity contribution < 1.29 is 4.74 Å². The van der Waals surface area contributed by atoms with Crippen LogP contribution < -0.4 is 4.74 Å². The van der Waals surface area contributed by atoms with Gasteiger partial charge in [0, 0.05) is 0 Å². The summed E-state index contributed by atoms with van der Waals surface area (Å²) < 4.78 is 5.94. The molecule has 14 heavy (non-hydrogen) atoms. The smallest absolute Gasteiger partial charge is 0.119 e. The molecule has 1 aromatic carbocycles. The van der Waals surface area contributed by atoms with Crippen molar-refractivity contribution >= 4 is 0 Å². The zero-order valence-corrected chi connectivity index (χ0v) is 8.61. The number of hydrogen-bond donors (Lipinski definition) is 0. The summed E-state index contributed by atoms with van der Waals surface area (Å²) in [6, 6.07) is 10.2. The highest BCUT2D eigenvalue weighted by Crippen LogP contribution is 2.22. The molecule has 1 fully saturated rings. The van der Waals surface area contributed by atoms with E-state index in [-0.39, 0.29) is 0 Å². The maximum Gasteiger partial charge on any atom is 0.119 e. The van der Waals surface area contributed by atoms with Gasteiger partial charge < -0.3 is 4.74 Å². The fraction of sp³-hybridized carbons (Fsp3) is 0.538. The Kier molecular flexibility index (Phi) is 3.44. The summed E-state index contributed by atoms with van der Waals surface area (Å²) >= 11 is 0. The van der Waals surface area contributed by atoms with Gasteiger partial charge >= 0.3 is 0 Å². The fourth-order valence-corrected chi connectivity index (χ4v) is 2.05. The first-order valence-electron chi connectivity index (χ1n) is 5.67. The van der Waals surface area contributed by atoms with Crippen molar-refractivity contribution in [3.05, 3.63) is 30.3 Å². The van der Waals surface area contributed by atoms with Crippen LogP contribution in [0.1, 0.15) is 38.5 Å². The topological polar surface area (TPSA) is 9.23 Å². The first-order chi connectivity index (χ1) is 6.95. The first-order valence-corrected chi connectivity index (χ1v) is 5.67. The van der Waals surface area contributed by atoms with Crippen LogP contribution in [0, 0.1) is 0 Å². The van der Waals surface area contributed by atoms with Gasteiger partial charge in [-0.25, -0.2) is 0 Å². The minimum absolute atomic E-state index is 0.458. The summed E-state index contributed by atoms with van der Waals surface area (Å²) in [6.07, 6.45) is 8.35. The number of benzene rings is 1. The third kappa shape index (κ3) is 2.76. The Bertz CT molecular complexity index is 247. The summed E-state index contributed by atoms with van der Waals surface area (Å²) in [5, 5.41) is 0. The Hall–Kier alpha value is -0.980. The molecule has 0 aromatic heterocycles. The number of ether oxygens (including phenoxy) is 1. The van der Waals surface area contributed by atoms with Gasteiger partial charge in [-0.05, 0) is 37.8 Å². The second-order valence-electron chi connectivity index (χ2n) is 4.04. The van der Waals surface area contributed by atoms with Crippen LogP contribution in [0.15, 0.2) is 30.3 Å². The van der Waals surface area contributed by atoms with Gasteiger partial charge in [-0.1, -0.05) is 31.0 Å². The Morgan fingerprint density at radius 1 is 0.857 bits per heavy atom. The third-order valence-corrected chi connectivity index (χ3v) is 2.85. The molecule has 0 spiro atoms. The Labute approximate surface area is 86.1 Å². The Morgan fingerprint density at radius 3 is 2.14 bits per heavy atom. The highest BCUT2D eigenvalue weighted by molar-refractivity contribution is 5.21. The molecule has 0 heterocycles. The lowest BCUT2D eigenvalue weighted by Gasteiger charge is -2.16. The van der Waals surface area contributed by atoms with Crippen molar-refractivity contribution in [2.24, 2.45) is 0 Å². The van der Waals surface area contributed by atoms with E-state index < -0.39 is 0 Å². The van der Waals surface area contributed by atoms with Crippen molar-refractivity contribution in [2.75, 3.05) is 0 Å². The normalized spacial score (nSPS) is 18.9. The summed E-state index contributed by atoms with van der Waals surface area (Å²) in [6.45, 7) is 0. The lowest BCUT2D eigenvalue weighted by molar-refractivity contribution is 0.184. The Balaban J connectivity index is 1.90. The van der Waals surface area contributed by atoms with E-state index in [4.69, 9.17) is 4.74 Å². The highest BCUT2D eigenvalue weighted by Gasteiger charge is 2.12. The van der Waals surface area contributed by atoms with E-state index in [1.165, 1.54) is 38.5 Å². The molecular weight excluding hydrogens is 172 g/mol. The minimum Gasteiger partial charge on any atom is -0.490 e. The summed E-state index contributed by atoms with van der Waals surface area (Å²) in [5.74, 6) is 1.03. The lowest BCUT2D eigenvalue weighted by atomic mass is 10.1. The molecule has 0 unspecified atom stereocenters. The summed E-state index contributed by atoms with van der Waals surface area (Å²) in [7, 11) is 0. The van der Waals surface area contributed by atoms with Gasteiger partial charge in [0.1, 0.15) is 5.75 Å². The van der Waals surface area contributed by atoms with Crippen molar-refractivity contribution in [1.82, 2.24) is 0 Å². The predicted molar refractivity (Wildman–Crippen MR) is 58.6 cm³/mol. The second kappa shape index (κ2) is 5.04. The SMILES string of the molecule is c1ccc(OC2CCCCCC2)cc1. The average molecular weight is 190 g/mol. The summed E-state index contributed by atoms with van der Waals surface area (Å²) in [5.41, 5.74) is 0. The van der Waals surface area contributed by atoms with Gasteiger partial charge in [0.25, 0.3) is 0 Å². The van der Waals surface area contributed by atoms with Crippen LogP contribution in [-0.4, -0.2) is 6.10 Å². The van der Waals surface area contributed by atoms with Crippen LogP contribution in [0.5, 0.6) is 5.75 Å². The van der Waals surface area contributed by atoms with Crippen LogP contribution >= 0.6 is 0 Å². The molecule has 2 rings (SSSR count). The van der Waals surface area contributed by atoms with E-state index in [9.17, 15) is 0 Å². The third-order valence-electron chi connectivity index (χ3n) is 2.85. The van der Waals surface area contributed by atoms with Gasteiger partial charge in [0.05, 0.1) is 6.10 Å². The van der Waals surface area contributed by atoms with E-state index in [2.05, 4.69) is 0 Å². The monoisotopic (exact) mass is 190 g/mol. The van der Waals surface area contributed by atoms with E-state index in [1.807, 2.05) is 30.3 Å². The van der Waals surface area contributed by atoms with Crippen LogP contribution in [-0.2, 0) is 0 Å². The van der Waals surface area contributed by atoms with Crippen molar-refractivity contribution in [3.63, 3.8) is 0 Å². The van der Waals surface area contributed by atoms with Crippen LogP contribution in [0.25, 0.3) is 0 Å². The standard InChI is InChI=1S/C13H18O/c1-2-5-9-12(8-4-1)14-13-10-6-3-7-11-13/h3,6-7,10-12H,1-2,4-5,8-9H2. The number of rotatable bonds is 2. The zero-order chi connectivity index (χ0) is 9.64. The molecule has 0 saturated heterocycles. The van der Waals surface area contributed by atoms with Gasteiger partial charge in [-0.15, -0.1) is 0 Å². The molecule has 0 amide bonds. The molecule has 0 radical (unpaired) electrons. The average Bonchev–Trinajstić information content (AvgIpc) is 2.48. The molecule has 1 heteroatoms. The van der Waals surface area contributed by atoms with Gasteiger partial charge in [0.15, 0.2) is 0 Å². The van der Waals surface area contributed by atoms with Crippen LogP contribution in [0.4, 0.5) is 0 Å². The Morgan fingerprint density at radius 2 is 1.50 bits per heavy atom. The maximum absolute atomic E-state index is 5.94. The second-order valence-corrected chi connectivity index (χ2v) is 4.04. The molecular formula is C13H18O. The molecule has 0 atom stereocenters. The molecule has 1 saturated carbocycles. The van der Waals surface area contributed by atoms with Crippen LogP contribution in [0.3, 0.4) is 0 Å². The van der Waals surface area contributed by atoms with E-state index in [0.717, 1.165) is 5.75 Å². The van der Waals surface area contributed by atoms with Gasteiger partial charge in [-0.3, -0.25) is 0 Å². The van der Waals surface area contributed by atoms with E-state index >= 15 is 0 Å². The molecule has 1 nitrogen and oxygen atoms in total. The van der Waals surface area contributed by atoms with Gasteiger partial charge in [0.2, 0.25) is 0 Å². The molecule has 1 aliphatic rings. The fourth-order valence-electron chi connectivity index (χ4n) is 2.05. The molecule has 1 aliphatic carbocycles. The molecule has 0 aliphatic heterocycles. The van der Waals surface area contributed by atoms with Crippen molar-refractivity contribution in [1.29, 1.82) is 0 Å². The number of hydrogen-bond acceptors (Lipinski definition) is 1. The molecule has 0 N–H and O–H groups in total. The zero-order valence-electron chi connectivity index (χ0n) is 8.61. The molecule has 1 aromatic rings. The van der Waals surface area contributed by atoms with E-state index in [0.29, 0.717) is 6.10 Å².